The first-order chi connectivity index (χ1) is 9.54. The molecule has 0 aromatic heterocycles. The minimum absolute atomic E-state index is 0.749. The fourth-order valence-electron chi connectivity index (χ4n) is 1.41. The number of hydrogen-bond donors (Lipinski definition) is 0. The topological polar surface area (TPSA) is 15.6 Å². The second-order valence-electron chi connectivity index (χ2n) is 3.93. The van der Waals surface area contributed by atoms with Crippen molar-refractivity contribution >= 4 is 80.8 Å². The Labute approximate surface area is 155 Å². The summed E-state index contributed by atoms with van der Waals surface area (Å²) < 4.78 is 4.30. The van der Waals surface area contributed by atoms with Gasteiger partial charge in [-0.25, -0.2) is 4.99 Å². The van der Waals surface area contributed by atoms with Gasteiger partial charge in [0.25, 0.3) is 0 Å². The Kier molecular flexibility index (Phi) is 6.44. The Bertz CT molecular complexity index is 617. The molecule has 2 nitrogen and oxygen atoms in total. The van der Waals surface area contributed by atoms with E-state index in [9.17, 15) is 0 Å². The van der Waals surface area contributed by atoms with Crippen LogP contribution in [0.3, 0.4) is 0 Å². The van der Waals surface area contributed by atoms with Crippen molar-refractivity contribution in [3.8, 4) is 0 Å². The molecule has 0 bridgehead atoms. The lowest BCUT2D eigenvalue weighted by Crippen LogP contribution is -2.04. The van der Waals surface area contributed by atoms with Gasteiger partial charge in [0.15, 0.2) is 0 Å². The van der Waals surface area contributed by atoms with E-state index < -0.39 is 0 Å². The first-order valence-corrected chi connectivity index (χ1v) is 9.01. The summed E-state index contributed by atoms with van der Waals surface area (Å²) in [5, 5.41) is 0.749. The van der Waals surface area contributed by atoms with Crippen LogP contribution < -0.4 is 0 Å². The van der Waals surface area contributed by atoms with Gasteiger partial charge in [0.05, 0.1) is 5.69 Å². The Balaban J connectivity index is 2.03. The van der Waals surface area contributed by atoms with Crippen molar-refractivity contribution in [2.45, 2.75) is 4.90 Å². The summed E-state index contributed by atoms with van der Waals surface area (Å²) in [6.45, 7) is 0. The van der Waals surface area contributed by atoms with Gasteiger partial charge in [-0.15, -0.1) is 0 Å². The summed E-state index contributed by atoms with van der Waals surface area (Å²) >= 11 is 12.1. The highest BCUT2D eigenvalue weighted by Gasteiger charge is 2.00. The molecule has 2 aromatic carbocycles. The smallest absolute Gasteiger partial charge is 0.101 e. The normalized spacial score (nSPS) is 11.0. The summed E-state index contributed by atoms with van der Waals surface area (Å²) in [5.41, 5.74) is 0.987. The molecule has 0 spiro atoms. The van der Waals surface area contributed by atoms with Crippen molar-refractivity contribution in [3.05, 3.63) is 54.6 Å². The summed E-state index contributed by atoms with van der Waals surface area (Å²) in [4.78, 5) is 5.65. The molecule has 20 heavy (non-hydrogen) atoms. The zero-order valence-electron chi connectivity index (χ0n) is 10.6. The molecule has 0 radical (unpaired) electrons. The average molecular weight is 529 g/mol. The summed E-state index contributed by atoms with van der Waals surface area (Å²) in [6, 6.07) is 14.0. The van der Waals surface area contributed by atoms with Gasteiger partial charge in [0, 0.05) is 24.1 Å². The fourth-order valence-corrected chi connectivity index (χ4v) is 3.17. The molecule has 0 saturated heterocycles. The van der Waals surface area contributed by atoms with Crippen LogP contribution in [0.4, 0.5) is 5.69 Å². The molecule has 0 N–H and O–H groups in total. The van der Waals surface area contributed by atoms with Gasteiger partial charge in [-0.05, 0) is 99.6 Å². The van der Waals surface area contributed by atoms with Gasteiger partial charge in [-0.2, -0.15) is 0 Å². The van der Waals surface area contributed by atoms with Crippen molar-refractivity contribution in [1.82, 2.24) is 4.31 Å². The standard InChI is InChI=1S/C14H11ClI2N2S/c1-19(20-12-5-2-10(15)3-6-12)9-18-14-8-11(16)4-7-13(14)17/h2-9H,1H3. The zero-order chi connectivity index (χ0) is 14.5. The van der Waals surface area contributed by atoms with E-state index >= 15 is 0 Å². The molecule has 0 heterocycles. The highest BCUT2D eigenvalue weighted by molar-refractivity contribution is 14.1. The molecule has 0 amide bonds. The maximum absolute atomic E-state index is 5.87. The molecule has 2 aromatic rings. The predicted octanol–water partition coefficient (Wildman–Crippen LogP) is 5.85. The molecule has 6 heteroatoms. The van der Waals surface area contributed by atoms with Crippen LogP contribution >= 0.6 is 68.7 Å². The molecule has 104 valence electrons. The van der Waals surface area contributed by atoms with E-state index in [4.69, 9.17) is 11.6 Å². The van der Waals surface area contributed by atoms with Gasteiger partial charge < -0.3 is 4.31 Å². The van der Waals surface area contributed by atoms with Gasteiger partial charge >= 0.3 is 0 Å². The predicted molar refractivity (Wildman–Crippen MR) is 105 cm³/mol. The molecule has 2 rings (SSSR count). The van der Waals surface area contributed by atoms with Crippen LogP contribution in [-0.2, 0) is 0 Å². The van der Waals surface area contributed by atoms with Crippen molar-refractivity contribution in [2.24, 2.45) is 4.99 Å². The second kappa shape index (κ2) is 7.86. The first-order valence-electron chi connectivity index (χ1n) is 5.70. The molecular weight excluding hydrogens is 517 g/mol. The first kappa shape index (κ1) is 16.4. The Morgan fingerprint density at radius 2 is 1.85 bits per heavy atom. The molecule has 0 atom stereocenters. The number of benzene rings is 2. The highest BCUT2D eigenvalue weighted by Crippen LogP contribution is 2.25. The largest absolute Gasteiger partial charge is 0.306 e. The molecule has 0 saturated carbocycles. The minimum Gasteiger partial charge on any atom is -0.306 e. The number of aliphatic imine (C=N–C) groups is 1. The highest BCUT2D eigenvalue weighted by atomic mass is 127. The Hall–Kier alpha value is 0.01000. The number of rotatable bonds is 4. The number of nitrogens with zero attached hydrogens (tertiary/aromatic N) is 2. The van der Waals surface area contributed by atoms with Crippen LogP contribution in [0.2, 0.25) is 5.02 Å². The van der Waals surface area contributed by atoms with Crippen LogP contribution in [0, 0.1) is 7.14 Å². The zero-order valence-corrected chi connectivity index (χ0v) is 16.4. The third-order valence-electron chi connectivity index (χ3n) is 2.33. The van der Waals surface area contributed by atoms with E-state index in [1.165, 1.54) is 3.57 Å². The van der Waals surface area contributed by atoms with E-state index in [2.05, 4.69) is 68.4 Å². The maximum atomic E-state index is 5.87. The van der Waals surface area contributed by atoms with Crippen LogP contribution in [0.15, 0.2) is 52.4 Å². The summed E-state index contributed by atoms with van der Waals surface area (Å²) in [7, 11) is 1.98. The van der Waals surface area contributed by atoms with Crippen molar-refractivity contribution in [2.75, 3.05) is 7.05 Å². The third-order valence-corrected chi connectivity index (χ3v) is 5.03. The summed E-state index contributed by atoms with van der Waals surface area (Å²) in [6.07, 6.45) is 1.83. The summed E-state index contributed by atoms with van der Waals surface area (Å²) in [5.74, 6) is 0. The fraction of sp³-hybridized carbons (Fsp3) is 0.0714. The van der Waals surface area contributed by atoms with Gasteiger partial charge in [-0.3, -0.25) is 0 Å². The van der Waals surface area contributed by atoms with Crippen molar-refractivity contribution < 1.29 is 0 Å². The molecule has 0 unspecified atom stereocenters. The van der Waals surface area contributed by atoms with Crippen molar-refractivity contribution in [3.63, 3.8) is 0 Å². The molecular formula is C14H11ClI2N2S. The van der Waals surface area contributed by atoms with E-state index in [0.29, 0.717) is 0 Å². The lowest BCUT2D eigenvalue weighted by atomic mass is 10.3. The number of halogens is 3. The molecule has 0 fully saturated rings. The van der Waals surface area contributed by atoms with Gasteiger partial charge in [0.2, 0.25) is 0 Å². The Morgan fingerprint density at radius 1 is 1.15 bits per heavy atom. The minimum atomic E-state index is 0.749. The van der Waals surface area contributed by atoms with Crippen LogP contribution in [0.5, 0.6) is 0 Å². The van der Waals surface area contributed by atoms with E-state index in [1.54, 1.807) is 11.9 Å². The third kappa shape index (κ3) is 5.09. The van der Waals surface area contributed by atoms with E-state index in [0.717, 1.165) is 19.2 Å². The van der Waals surface area contributed by atoms with Gasteiger partial charge in [-0.1, -0.05) is 11.6 Å². The maximum Gasteiger partial charge on any atom is 0.101 e. The second-order valence-corrected chi connectivity index (χ2v) is 8.01. The lowest BCUT2D eigenvalue weighted by Gasteiger charge is -2.11. The SMILES string of the molecule is CN(C=Nc1cc(I)ccc1I)Sc1ccc(Cl)cc1. The van der Waals surface area contributed by atoms with E-state index in [-0.39, 0.29) is 0 Å². The molecule has 0 aliphatic heterocycles. The lowest BCUT2D eigenvalue weighted by molar-refractivity contribution is 0.869. The molecule has 0 aliphatic carbocycles. The van der Waals surface area contributed by atoms with Crippen molar-refractivity contribution in [1.29, 1.82) is 0 Å². The number of hydrogen-bond acceptors (Lipinski definition) is 2. The van der Waals surface area contributed by atoms with E-state index in [1.807, 2.05) is 42.0 Å². The monoisotopic (exact) mass is 528 g/mol. The van der Waals surface area contributed by atoms with Crippen LogP contribution in [0.1, 0.15) is 0 Å². The van der Waals surface area contributed by atoms with Gasteiger partial charge in [0.1, 0.15) is 6.34 Å². The Morgan fingerprint density at radius 3 is 2.55 bits per heavy atom. The van der Waals surface area contributed by atoms with Crippen LogP contribution in [-0.4, -0.2) is 17.7 Å². The average Bonchev–Trinajstić information content (AvgIpc) is 2.42. The van der Waals surface area contributed by atoms with Crippen LogP contribution in [0.25, 0.3) is 0 Å². The molecule has 0 aliphatic rings. The quantitative estimate of drug-likeness (QED) is 0.214.